The number of rotatable bonds is 12. The Morgan fingerprint density at radius 1 is 1.14 bits per heavy atom. The van der Waals surface area contributed by atoms with E-state index in [-0.39, 0.29) is 16.5 Å². The minimum absolute atomic E-state index is 0.0178. The zero-order valence-corrected chi connectivity index (χ0v) is 22.7. The van der Waals surface area contributed by atoms with E-state index in [0.29, 0.717) is 39.8 Å². The van der Waals surface area contributed by atoms with E-state index in [1.165, 1.54) is 13.2 Å². The summed E-state index contributed by atoms with van der Waals surface area (Å²) in [7, 11) is 1.25. The first kappa shape index (κ1) is 28.0. The van der Waals surface area contributed by atoms with Crippen LogP contribution in [-0.4, -0.2) is 57.1 Å². The van der Waals surface area contributed by atoms with E-state index >= 15 is 0 Å². The Balaban J connectivity index is 1.87. The molecule has 0 saturated carbocycles. The Morgan fingerprint density at radius 3 is 2.41 bits per heavy atom. The van der Waals surface area contributed by atoms with Gasteiger partial charge in [0, 0.05) is 6.07 Å². The zero-order chi connectivity index (χ0) is 27.2. The Hall–Kier alpha value is -3.60. The molecule has 0 aliphatic heterocycles. The number of nitrogens with zero attached hydrogens (tertiary/aromatic N) is 3. The Bertz CT molecular complexity index is 1440. The molecule has 11 heteroatoms. The van der Waals surface area contributed by atoms with Crippen LogP contribution in [0, 0.1) is 0 Å². The van der Waals surface area contributed by atoms with Gasteiger partial charge in [0.2, 0.25) is 0 Å². The fraction of sp³-hybridized carbons (Fsp3) is 0.231. The van der Waals surface area contributed by atoms with Crippen molar-refractivity contribution in [3.05, 3.63) is 83.5 Å². The van der Waals surface area contributed by atoms with Crippen LogP contribution in [0.2, 0.25) is 5.02 Å². The summed E-state index contributed by atoms with van der Waals surface area (Å²) in [6.45, 7) is 9.89. The van der Waals surface area contributed by atoms with E-state index < -0.39 is 16.1 Å². The maximum atomic E-state index is 13.1. The second-order valence-electron chi connectivity index (χ2n) is 8.41. The summed E-state index contributed by atoms with van der Waals surface area (Å²) in [5.41, 5.74) is 1.54. The molecule has 2 N–H and O–H groups in total. The van der Waals surface area contributed by atoms with Gasteiger partial charge in [-0.15, -0.1) is 0 Å². The van der Waals surface area contributed by atoms with Crippen molar-refractivity contribution in [2.75, 3.05) is 37.8 Å². The Morgan fingerprint density at radius 2 is 1.78 bits per heavy atom. The first-order chi connectivity index (χ1) is 17.5. The highest BCUT2D eigenvalue weighted by Gasteiger charge is 2.20. The van der Waals surface area contributed by atoms with E-state index in [1.54, 1.807) is 49.4 Å². The molecule has 1 heterocycles. The number of sulfonamides is 1. The molecule has 3 rings (SSSR count). The third-order valence-corrected chi connectivity index (χ3v) is 6.59. The maximum Gasteiger partial charge on any atom is 0.262 e. The molecule has 3 aromatic rings. The first-order valence-corrected chi connectivity index (χ1v) is 13.1. The molecule has 1 atom stereocenters. The fourth-order valence-electron chi connectivity index (χ4n) is 3.23. The average Bonchev–Trinajstić information content (AvgIpc) is 2.83. The molecule has 2 aromatic carbocycles. The maximum absolute atomic E-state index is 13.1. The van der Waals surface area contributed by atoms with E-state index in [4.69, 9.17) is 21.1 Å². The lowest BCUT2D eigenvalue weighted by Crippen LogP contribution is -2.18. The highest BCUT2D eigenvalue weighted by Crippen LogP contribution is 2.32. The van der Waals surface area contributed by atoms with Crippen LogP contribution >= 0.6 is 11.6 Å². The van der Waals surface area contributed by atoms with Crippen LogP contribution in [0.4, 0.5) is 17.3 Å². The molecule has 0 radical (unpaired) electrons. The van der Waals surface area contributed by atoms with Gasteiger partial charge in [-0.1, -0.05) is 36.9 Å². The predicted molar refractivity (Wildman–Crippen MR) is 150 cm³/mol. The molecule has 1 aromatic heterocycles. The smallest absolute Gasteiger partial charge is 0.262 e. The van der Waals surface area contributed by atoms with Gasteiger partial charge >= 0.3 is 0 Å². The molecule has 0 fully saturated rings. The molecular weight excluding hydrogens is 514 g/mol. The summed E-state index contributed by atoms with van der Waals surface area (Å²) >= 11 is 6.34. The number of para-hydroxylation sites is 2. The van der Waals surface area contributed by atoms with Crippen LogP contribution in [0.1, 0.15) is 6.92 Å². The van der Waals surface area contributed by atoms with Gasteiger partial charge in [-0.3, -0.25) is 4.72 Å². The van der Waals surface area contributed by atoms with E-state index in [1.807, 2.05) is 25.1 Å². The van der Waals surface area contributed by atoms with Crippen molar-refractivity contribution < 1.29 is 17.9 Å². The highest BCUT2D eigenvalue weighted by molar-refractivity contribution is 7.96. The number of methoxy groups -OCH3 is 1. The summed E-state index contributed by atoms with van der Waals surface area (Å²) in [4.78, 5) is 10.8. The number of ether oxygens (including phenoxy) is 2. The summed E-state index contributed by atoms with van der Waals surface area (Å²) in [6.07, 6.45) is 2.55. The molecule has 37 heavy (non-hydrogen) atoms. The number of hydrogen-bond acceptors (Lipinski definition) is 8. The van der Waals surface area contributed by atoms with Crippen molar-refractivity contribution in [1.29, 1.82) is 0 Å². The van der Waals surface area contributed by atoms with Gasteiger partial charge < -0.3 is 19.7 Å². The van der Waals surface area contributed by atoms with Gasteiger partial charge in [-0.2, -0.15) is 0 Å². The van der Waals surface area contributed by atoms with E-state index in [0.717, 1.165) is 0 Å². The molecule has 0 aliphatic rings. The SMILES string of the molecule is C=C(CN(C)C)OC(C)C=CC(=C)S(=O)(=O)Nc1nc2ccccc2nc1Nc1cc(OC)ccc1Cl. The van der Waals surface area contributed by atoms with Gasteiger partial charge in [-0.05, 0) is 57.4 Å². The number of allylic oxidation sites excluding steroid dienone is 1. The van der Waals surface area contributed by atoms with Gasteiger partial charge in [0.1, 0.15) is 17.6 Å². The van der Waals surface area contributed by atoms with Crippen molar-refractivity contribution >= 4 is 50.0 Å². The van der Waals surface area contributed by atoms with Crippen molar-refractivity contribution in [2.45, 2.75) is 13.0 Å². The van der Waals surface area contributed by atoms with E-state index in [2.05, 4.69) is 33.2 Å². The number of aromatic nitrogens is 2. The number of nitrogens with one attached hydrogen (secondary N) is 2. The van der Waals surface area contributed by atoms with Crippen molar-refractivity contribution in [2.24, 2.45) is 0 Å². The Labute approximate surface area is 222 Å². The van der Waals surface area contributed by atoms with Crippen molar-refractivity contribution in [3.8, 4) is 5.75 Å². The van der Waals surface area contributed by atoms with Crippen LogP contribution in [0.5, 0.6) is 5.75 Å². The summed E-state index contributed by atoms with van der Waals surface area (Å²) in [5, 5.41) is 3.45. The molecular formula is C26H30ClN5O4S. The normalized spacial score (nSPS) is 12.5. The molecule has 0 amide bonds. The monoisotopic (exact) mass is 543 g/mol. The summed E-state index contributed by atoms with van der Waals surface area (Å²) in [5.74, 6) is 1.26. The third-order valence-electron chi connectivity index (χ3n) is 4.97. The second-order valence-corrected chi connectivity index (χ2v) is 10.6. The average molecular weight is 544 g/mol. The number of likely N-dealkylation sites (N-methyl/N-ethyl adjacent to an activating group) is 1. The quantitative estimate of drug-likeness (QED) is 0.233. The molecule has 0 aliphatic carbocycles. The van der Waals surface area contributed by atoms with Gasteiger partial charge in [0.25, 0.3) is 10.0 Å². The number of hydrogen-bond donors (Lipinski definition) is 2. The van der Waals surface area contributed by atoms with Crippen LogP contribution in [0.25, 0.3) is 11.0 Å². The lowest BCUT2D eigenvalue weighted by Gasteiger charge is -2.17. The van der Waals surface area contributed by atoms with Gasteiger partial charge in [0.15, 0.2) is 11.6 Å². The third kappa shape index (κ3) is 7.69. The van der Waals surface area contributed by atoms with Crippen LogP contribution in [-0.2, 0) is 14.8 Å². The minimum Gasteiger partial charge on any atom is -0.497 e. The topological polar surface area (TPSA) is 106 Å². The minimum atomic E-state index is -4.08. The number of anilines is 3. The van der Waals surface area contributed by atoms with Crippen molar-refractivity contribution in [3.63, 3.8) is 0 Å². The first-order valence-electron chi connectivity index (χ1n) is 11.2. The summed E-state index contributed by atoms with van der Waals surface area (Å²) in [6, 6.07) is 12.1. The van der Waals surface area contributed by atoms with Crippen LogP contribution < -0.4 is 14.8 Å². The number of halogens is 1. The summed E-state index contributed by atoms with van der Waals surface area (Å²) < 4.78 is 39.7. The molecule has 196 valence electrons. The molecule has 1 unspecified atom stereocenters. The van der Waals surface area contributed by atoms with Crippen molar-refractivity contribution in [1.82, 2.24) is 14.9 Å². The Kier molecular flexibility index (Phi) is 9.14. The van der Waals surface area contributed by atoms with E-state index in [9.17, 15) is 8.42 Å². The predicted octanol–water partition coefficient (Wildman–Crippen LogP) is 5.33. The lowest BCUT2D eigenvalue weighted by atomic mass is 10.3. The second kappa shape index (κ2) is 12.1. The lowest BCUT2D eigenvalue weighted by molar-refractivity contribution is 0.152. The largest absolute Gasteiger partial charge is 0.497 e. The zero-order valence-electron chi connectivity index (χ0n) is 21.2. The molecule has 9 nitrogen and oxygen atoms in total. The standard InChI is InChI=1S/C26H30ClN5O4S/c1-17(36-18(2)16-32(4)5)11-12-19(3)37(33,34)31-26-25(28-22-9-7-8-10-23(22)29-26)30-24-15-20(35-6)13-14-21(24)27/h7-15,17H,2-3,16H2,1,4-6H3,(H,28,30)(H,29,31). The molecule has 0 spiro atoms. The van der Waals surface area contributed by atoms with Crippen LogP contribution in [0.3, 0.4) is 0 Å². The fourth-order valence-corrected chi connectivity index (χ4v) is 4.18. The van der Waals surface area contributed by atoms with Gasteiger partial charge in [-0.25, -0.2) is 18.4 Å². The number of benzene rings is 2. The number of fused-ring (bicyclic) bond motifs is 1. The highest BCUT2D eigenvalue weighted by atomic mass is 35.5. The van der Waals surface area contributed by atoms with Gasteiger partial charge in [0.05, 0.1) is 40.3 Å². The van der Waals surface area contributed by atoms with Crippen LogP contribution in [0.15, 0.2) is 78.4 Å². The molecule has 0 saturated heterocycles. The molecule has 0 bridgehead atoms.